The zero-order chi connectivity index (χ0) is 22.6. The van der Waals surface area contributed by atoms with Crippen LogP contribution >= 0.6 is 23.2 Å². The second kappa shape index (κ2) is 10.7. The summed E-state index contributed by atoms with van der Waals surface area (Å²) in [6.45, 7) is 0.511. The van der Waals surface area contributed by atoms with Gasteiger partial charge in [-0.3, -0.25) is 0 Å². The van der Waals surface area contributed by atoms with Crippen LogP contribution in [0.5, 0.6) is 5.75 Å². The van der Waals surface area contributed by atoms with E-state index < -0.39 is 0 Å². The minimum Gasteiger partial charge on any atom is -1.00 e. The average Bonchev–Trinajstić information content (AvgIpc) is 3.29. The molecule has 0 N–H and O–H groups in total. The highest BCUT2D eigenvalue weighted by Crippen LogP contribution is 2.21. The fourth-order valence-corrected chi connectivity index (χ4v) is 3.75. The van der Waals surface area contributed by atoms with Crippen LogP contribution in [0.25, 0.3) is 22.8 Å². The van der Waals surface area contributed by atoms with E-state index in [-0.39, 0.29) is 12.4 Å². The minimum absolute atomic E-state index is 0. The van der Waals surface area contributed by atoms with Crippen molar-refractivity contribution >= 4 is 23.2 Å². The van der Waals surface area contributed by atoms with E-state index in [4.69, 9.17) is 38.1 Å². The lowest BCUT2D eigenvalue weighted by molar-refractivity contribution is -0.734. The number of rotatable bonds is 6. The second-order valence-corrected chi connectivity index (χ2v) is 8.23. The van der Waals surface area contributed by atoms with Gasteiger partial charge >= 0.3 is 5.82 Å². The molecule has 0 atom stereocenters. The summed E-state index contributed by atoms with van der Waals surface area (Å²) >= 11 is 12.5. The molecule has 0 saturated heterocycles. The first kappa shape index (κ1) is 23.8. The monoisotopic (exact) mass is 508 g/mol. The predicted octanol–water partition coefficient (Wildman–Crippen LogP) is 3.10. The van der Waals surface area contributed by atoms with Crippen LogP contribution in [0.15, 0.2) is 103 Å². The third-order valence-electron chi connectivity index (χ3n) is 5.00. The molecule has 5 nitrogen and oxygen atoms in total. The maximum atomic E-state index is 6.23. The summed E-state index contributed by atoms with van der Waals surface area (Å²) in [6.07, 6.45) is 0. The van der Waals surface area contributed by atoms with E-state index in [1.54, 1.807) is 9.59 Å². The van der Waals surface area contributed by atoms with E-state index in [0.29, 0.717) is 22.5 Å². The maximum absolute atomic E-state index is 6.23. The van der Waals surface area contributed by atoms with Gasteiger partial charge in [0.2, 0.25) is 0 Å². The lowest BCUT2D eigenvalue weighted by atomic mass is 10.2. The Balaban J connectivity index is 0.00000274. The van der Waals surface area contributed by atoms with E-state index >= 15 is 0 Å². The third kappa shape index (κ3) is 5.39. The van der Waals surface area contributed by atoms with Crippen molar-refractivity contribution in [1.29, 1.82) is 0 Å². The first-order valence-electron chi connectivity index (χ1n) is 10.3. The highest BCUT2D eigenvalue weighted by molar-refractivity contribution is 6.31. The molecule has 0 fully saturated rings. The van der Waals surface area contributed by atoms with Crippen LogP contribution < -0.4 is 21.9 Å². The normalized spacial score (nSPS) is 10.5. The van der Waals surface area contributed by atoms with Crippen molar-refractivity contribution in [3.63, 3.8) is 0 Å². The molecule has 1 aromatic heterocycles. The summed E-state index contributed by atoms with van der Waals surface area (Å²) in [5.74, 6) is 1.34. The lowest BCUT2D eigenvalue weighted by Gasteiger charge is -2.05. The van der Waals surface area contributed by atoms with Crippen molar-refractivity contribution in [3.8, 4) is 28.5 Å². The summed E-state index contributed by atoms with van der Waals surface area (Å²) in [5, 5.41) is 10.7. The molecule has 34 heavy (non-hydrogen) atoms. The largest absolute Gasteiger partial charge is 1.00 e. The van der Waals surface area contributed by atoms with Crippen molar-refractivity contribution in [2.24, 2.45) is 0 Å². The Kier molecular flexibility index (Phi) is 7.48. The predicted molar refractivity (Wildman–Crippen MR) is 129 cm³/mol. The van der Waals surface area contributed by atoms with E-state index in [9.17, 15) is 0 Å². The molecule has 0 bridgehead atoms. The molecule has 5 aromatic rings. The lowest BCUT2D eigenvalue weighted by Crippen LogP contribution is -3.00. The van der Waals surface area contributed by atoms with E-state index in [2.05, 4.69) is 0 Å². The minimum atomic E-state index is 0. The van der Waals surface area contributed by atoms with Gasteiger partial charge in [0.1, 0.15) is 18.0 Å². The third-order valence-corrected chi connectivity index (χ3v) is 5.47. The van der Waals surface area contributed by atoms with Gasteiger partial charge in [-0.1, -0.05) is 65.7 Å². The Bertz CT molecular complexity index is 1330. The van der Waals surface area contributed by atoms with Gasteiger partial charge in [-0.25, -0.2) is 0 Å². The molecule has 0 radical (unpaired) electrons. The highest BCUT2D eigenvalue weighted by atomic mass is 35.5. The molecule has 0 aliphatic carbocycles. The standard InChI is InChI=1S/C26H19Cl2N4O.ClH/c27-21-8-4-10-23(16-21)31-29-26(30-32(31)24-11-5-9-22(28)17-24)20-12-14-25(15-13-20)33-18-19-6-2-1-3-7-19;/h1-17H,18H2;1H/q+1;/p-1. The van der Waals surface area contributed by atoms with E-state index in [1.165, 1.54) is 0 Å². The average molecular weight is 510 g/mol. The molecule has 0 aliphatic heterocycles. The van der Waals surface area contributed by atoms with Gasteiger partial charge in [0.05, 0.1) is 10.7 Å². The van der Waals surface area contributed by atoms with Crippen LogP contribution in [-0.2, 0) is 6.61 Å². The molecule has 0 unspecified atom stereocenters. The molecule has 4 aromatic carbocycles. The van der Waals surface area contributed by atoms with Crippen molar-refractivity contribution in [2.45, 2.75) is 6.61 Å². The summed E-state index contributed by atoms with van der Waals surface area (Å²) in [4.78, 5) is 3.40. The Labute approximate surface area is 213 Å². The topological polar surface area (TPSA) is 43.8 Å². The van der Waals surface area contributed by atoms with Gasteiger partial charge in [0.15, 0.2) is 5.69 Å². The van der Waals surface area contributed by atoms with E-state index in [1.807, 2.05) is 103 Å². The number of ether oxygens (including phenoxy) is 1. The van der Waals surface area contributed by atoms with Crippen LogP contribution in [0.2, 0.25) is 10.0 Å². The molecule has 170 valence electrons. The quantitative estimate of drug-likeness (QED) is 0.331. The number of hydrogen-bond acceptors (Lipinski definition) is 3. The Morgan fingerprint density at radius 1 is 0.765 bits per heavy atom. The van der Waals surface area contributed by atoms with Crippen LogP contribution in [0.4, 0.5) is 0 Å². The van der Waals surface area contributed by atoms with Crippen LogP contribution in [0, 0.1) is 0 Å². The molecule has 0 aliphatic rings. The molecular formula is C26H19Cl3N4O. The molecular weight excluding hydrogens is 491 g/mol. The molecule has 1 heterocycles. The summed E-state index contributed by atoms with van der Waals surface area (Å²) < 4.78 is 5.90. The molecule has 0 spiro atoms. The fraction of sp³-hybridized carbons (Fsp3) is 0.0385. The van der Waals surface area contributed by atoms with Gasteiger partial charge in [-0.05, 0) is 70.1 Å². The van der Waals surface area contributed by atoms with E-state index in [0.717, 1.165) is 28.3 Å². The molecule has 0 saturated carbocycles. The van der Waals surface area contributed by atoms with Gasteiger partial charge in [-0.2, -0.15) is 0 Å². The molecule has 5 rings (SSSR count). The van der Waals surface area contributed by atoms with Gasteiger partial charge in [0.25, 0.3) is 0 Å². The smallest absolute Gasteiger partial charge is 0.340 e. The summed E-state index contributed by atoms with van der Waals surface area (Å²) in [7, 11) is 0. The SMILES string of the molecule is Clc1cccc(-n2nc(-c3ccc(OCc4ccccc4)cc3)n[n+]2-c2cccc(Cl)c2)c1.[Cl-]. The first-order valence-corrected chi connectivity index (χ1v) is 11.1. The summed E-state index contributed by atoms with van der Waals surface area (Å²) in [5.41, 5.74) is 3.54. The number of aromatic nitrogens is 4. The number of nitrogens with zero attached hydrogens (tertiary/aromatic N) is 4. The second-order valence-electron chi connectivity index (χ2n) is 7.36. The van der Waals surface area contributed by atoms with Crippen molar-refractivity contribution in [1.82, 2.24) is 15.0 Å². The Hall–Kier alpha value is -3.38. The van der Waals surface area contributed by atoms with Crippen molar-refractivity contribution in [2.75, 3.05) is 0 Å². The molecule has 8 heteroatoms. The van der Waals surface area contributed by atoms with Gasteiger partial charge in [0, 0.05) is 20.9 Å². The van der Waals surface area contributed by atoms with Crippen LogP contribution in [0.3, 0.4) is 0 Å². The highest BCUT2D eigenvalue weighted by Gasteiger charge is 2.23. The first-order chi connectivity index (χ1) is 16.2. The van der Waals surface area contributed by atoms with Crippen LogP contribution in [-0.4, -0.2) is 15.0 Å². The summed E-state index contributed by atoms with van der Waals surface area (Å²) in [6, 6.07) is 32.7. The zero-order valence-electron chi connectivity index (χ0n) is 17.9. The number of benzene rings is 4. The number of halogens is 3. The van der Waals surface area contributed by atoms with Gasteiger partial charge < -0.3 is 17.1 Å². The van der Waals surface area contributed by atoms with Crippen LogP contribution in [0.1, 0.15) is 5.56 Å². The Morgan fingerprint density at radius 3 is 2.18 bits per heavy atom. The fourth-order valence-electron chi connectivity index (χ4n) is 3.38. The van der Waals surface area contributed by atoms with Gasteiger partial charge in [-0.15, -0.1) is 0 Å². The maximum Gasteiger partial charge on any atom is 0.340 e. The Morgan fingerprint density at radius 2 is 1.47 bits per heavy atom. The number of tetrazole rings is 1. The zero-order valence-corrected chi connectivity index (χ0v) is 20.1. The van der Waals surface area contributed by atoms with Crippen molar-refractivity contribution in [3.05, 3.63) is 119 Å². The molecule has 0 amide bonds. The number of hydrogen-bond donors (Lipinski definition) is 0. The van der Waals surface area contributed by atoms with Crippen molar-refractivity contribution < 1.29 is 21.9 Å².